The molecule has 3 heterocycles. The number of aromatic hydroxyl groups is 1. The number of nitrogens with one attached hydrogen (secondary N) is 2. The Bertz CT molecular complexity index is 1360. The minimum absolute atomic E-state index is 0.0494. The van der Waals surface area contributed by atoms with Gasteiger partial charge in [0.05, 0.1) is 18.7 Å². The third-order valence-electron chi connectivity index (χ3n) is 5.76. The van der Waals surface area contributed by atoms with Crippen LogP contribution in [0, 0.1) is 0 Å². The van der Waals surface area contributed by atoms with Crippen LogP contribution in [0.3, 0.4) is 0 Å². The van der Waals surface area contributed by atoms with Gasteiger partial charge in [-0.15, -0.1) is 0 Å². The summed E-state index contributed by atoms with van der Waals surface area (Å²) in [5.41, 5.74) is -3.41. The third kappa shape index (κ3) is 4.87. The van der Waals surface area contributed by atoms with Gasteiger partial charge in [0.2, 0.25) is 5.60 Å². The molecule has 11 heteroatoms. The molecule has 192 valence electrons. The summed E-state index contributed by atoms with van der Waals surface area (Å²) in [5, 5.41) is 25.4. The van der Waals surface area contributed by atoms with Crippen molar-refractivity contribution < 1.29 is 28.9 Å². The SMILES string of the molecule is C=C/C(F)=C\C=C\Cc1cnc2c(O)c(C(=O)NC)c(=O)n3c2c1O[C@@](C)(C(=O)NC(C)(C)CO)C3. The molecule has 2 aromatic heterocycles. The monoisotopic (exact) mass is 500 g/mol. The van der Waals surface area contributed by atoms with Crippen LogP contribution in [-0.4, -0.2) is 56.4 Å². The van der Waals surface area contributed by atoms with E-state index in [4.69, 9.17) is 4.74 Å². The molecular formula is C25H29FN4O6. The number of carbonyl (C=O) groups excluding carboxylic acids is 2. The van der Waals surface area contributed by atoms with Gasteiger partial charge >= 0.3 is 0 Å². The highest BCUT2D eigenvalue weighted by molar-refractivity contribution is 6.02. The number of aliphatic hydroxyl groups is 1. The first kappa shape index (κ1) is 26.6. The quantitative estimate of drug-likeness (QED) is 0.404. The lowest BCUT2D eigenvalue weighted by Gasteiger charge is -2.38. The van der Waals surface area contributed by atoms with Gasteiger partial charge in [-0.2, -0.15) is 0 Å². The molecule has 10 nitrogen and oxygen atoms in total. The summed E-state index contributed by atoms with van der Waals surface area (Å²) in [7, 11) is 1.32. The number of rotatable bonds is 8. The van der Waals surface area contributed by atoms with E-state index in [9.17, 15) is 29.0 Å². The molecule has 0 fully saturated rings. The Morgan fingerprint density at radius 1 is 1.42 bits per heavy atom. The number of ether oxygens (including phenoxy) is 1. The third-order valence-corrected chi connectivity index (χ3v) is 5.76. The summed E-state index contributed by atoms with van der Waals surface area (Å²) in [4.78, 5) is 43.3. The van der Waals surface area contributed by atoms with E-state index in [1.807, 2.05) is 0 Å². The van der Waals surface area contributed by atoms with Crippen molar-refractivity contribution in [1.82, 2.24) is 20.2 Å². The molecule has 36 heavy (non-hydrogen) atoms. The van der Waals surface area contributed by atoms with E-state index >= 15 is 0 Å². The van der Waals surface area contributed by atoms with Crippen molar-refractivity contribution in [3.63, 3.8) is 0 Å². The number of hydrogen-bond acceptors (Lipinski definition) is 7. The van der Waals surface area contributed by atoms with E-state index in [1.54, 1.807) is 19.9 Å². The first-order valence-corrected chi connectivity index (χ1v) is 11.2. The zero-order valence-electron chi connectivity index (χ0n) is 20.5. The fourth-order valence-electron chi connectivity index (χ4n) is 3.72. The number of halogens is 1. The highest BCUT2D eigenvalue weighted by Gasteiger charge is 2.44. The van der Waals surface area contributed by atoms with Crippen LogP contribution >= 0.6 is 0 Å². The maximum absolute atomic E-state index is 13.4. The van der Waals surface area contributed by atoms with Gasteiger partial charge in [-0.25, -0.2) is 4.39 Å². The molecule has 1 atom stereocenters. The van der Waals surface area contributed by atoms with Gasteiger partial charge in [-0.3, -0.25) is 23.9 Å². The second-order valence-corrected chi connectivity index (χ2v) is 9.22. The normalized spacial score (nSPS) is 17.7. The molecule has 0 unspecified atom stereocenters. The Morgan fingerprint density at radius 3 is 2.72 bits per heavy atom. The van der Waals surface area contributed by atoms with E-state index < -0.39 is 45.7 Å². The molecule has 0 spiro atoms. The lowest BCUT2D eigenvalue weighted by atomic mass is 9.97. The molecular weight excluding hydrogens is 471 g/mol. The van der Waals surface area contributed by atoms with Gasteiger partial charge < -0.3 is 25.6 Å². The van der Waals surface area contributed by atoms with Crippen LogP contribution in [0.1, 0.15) is 36.7 Å². The average Bonchev–Trinajstić information content (AvgIpc) is 2.84. The molecule has 1 aliphatic rings. The summed E-state index contributed by atoms with van der Waals surface area (Å²) >= 11 is 0. The summed E-state index contributed by atoms with van der Waals surface area (Å²) in [6.45, 7) is 7.42. The van der Waals surface area contributed by atoms with Crippen molar-refractivity contribution in [1.29, 1.82) is 0 Å². The maximum atomic E-state index is 13.4. The first-order chi connectivity index (χ1) is 16.9. The van der Waals surface area contributed by atoms with Crippen LogP contribution in [-0.2, 0) is 17.8 Å². The lowest BCUT2D eigenvalue weighted by Crippen LogP contribution is -2.60. The molecule has 1 aliphatic heterocycles. The van der Waals surface area contributed by atoms with E-state index in [0.717, 1.165) is 6.08 Å². The molecule has 0 radical (unpaired) electrons. The minimum atomic E-state index is -1.62. The number of pyridine rings is 2. The number of allylic oxidation sites excluding steroid dienone is 5. The number of aliphatic hydroxyl groups excluding tert-OH is 1. The van der Waals surface area contributed by atoms with Crippen LogP contribution in [0.2, 0.25) is 0 Å². The van der Waals surface area contributed by atoms with Crippen molar-refractivity contribution in [3.8, 4) is 11.5 Å². The lowest BCUT2D eigenvalue weighted by molar-refractivity contribution is -0.139. The predicted octanol–water partition coefficient (Wildman–Crippen LogP) is 1.64. The molecule has 2 amide bonds. The van der Waals surface area contributed by atoms with Gasteiger partial charge in [0.25, 0.3) is 17.4 Å². The fourth-order valence-corrected chi connectivity index (χ4v) is 3.72. The zero-order valence-corrected chi connectivity index (χ0v) is 20.5. The number of hydrogen-bond donors (Lipinski definition) is 4. The predicted molar refractivity (Wildman–Crippen MR) is 132 cm³/mol. The van der Waals surface area contributed by atoms with Crippen LogP contribution in [0.5, 0.6) is 11.5 Å². The Labute approximate surface area is 206 Å². The highest BCUT2D eigenvalue weighted by atomic mass is 19.1. The van der Waals surface area contributed by atoms with Crippen molar-refractivity contribution >= 4 is 22.8 Å². The van der Waals surface area contributed by atoms with Crippen LogP contribution in [0.4, 0.5) is 4.39 Å². The topological polar surface area (TPSA) is 143 Å². The molecule has 0 aliphatic carbocycles. The number of amides is 2. The fraction of sp³-hybridized carbons (Fsp3) is 0.360. The average molecular weight is 501 g/mol. The van der Waals surface area contributed by atoms with Crippen LogP contribution in [0.15, 0.2) is 47.7 Å². The van der Waals surface area contributed by atoms with Crippen molar-refractivity contribution in [3.05, 3.63) is 64.4 Å². The molecule has 0 aromatic carbocycles. The molecule has 4 N–H and O–H groups in total. The molecule has 0 saturated carbocycles. The molecule has 0 bridgehead atoms. The van der Waals surface area contributed by atoms with Crippen molar-refractivity contribution in [2.45, 2.75) is 44.9 Å². The number of carbonyl (C=O) groups is 2. The maximum Gasteiger partial charge on any atom is 0.268 e. The largest absolute Gasteiger partial charge is 0.505 e. The van der Waals surface area contributed by atoms with Crippen LogP contribution < -0.4 is 20.9 Å². The smallest absolute Gasteiger partial charge is 0.268 e. The summed E-state index contributed by atoms with van der Waals surface area (Å²) in [5.74, 6) is -2.44. The standard InChI is InChI=1S/C25H29FN4O6/c1-6-15(26)10-8-7-9-14-11-28-17-18-20(14)36-25(4,23(35)29-24(2,3)13-31)12-30(18)22(34)16(19(17)32)21(33)27-5/h6-8,10-11,31-32H,1,9,12-13H2,2-5H3,(H,27,33)(H,29,35)/b8-7+,15-10+/t25-/m1/s1. The Hall–Kier alpha value is -3.99. The van der Waals surface area contributed by atoms with E-state index in [1.165, 1.54) is 36.9 Å². The summed E-state index contributed by atoms with van der Waals surface area (Å²) in [6.07, 6.45) is 6.92. The van der Waals surface area contributed by atoms with Gasteiger partial charge in [-0.05, 0) is 39.3 Å². The Morgan fingerprint density at radius 2 is 2.11 bits per heavy atom. The van der Waals surface area contributed by atoms with E-state index in [-0.39, 0.29) is 36.4 Å². The van der Waals surface area contributed by atoms with Gasteiger partial charge in [0.1, 0.15) is 22.4 Å². The van der Waals surface area contributed by atoms with Crippen molar-refractivity contribution in [2.75, 3.05) is 13.7 Å². The summed E-state index contributed by atoms with van der Waals surface area (Å²) in [6, 6.07) is 0. The second kappa shape index (κ2) is 9.94. The van der Waals surface area contributed by atoms with Crippen molar-refractivity contribution in [2.24, 2.45) is 0 Å². The first-order valence-electron chi connectivity index (χ1n) is 11.2. The zero-order chi connectivity index (χ0) is 26.8. The second-order valence-electron chi connectivity index (χ2n) is 9.22. The van der Waals surface area contributed by atoms with Gasteiger partial charge in [0, 0.05) is 18.8 Å². The summed E-state index contributed by atoms with van der Waals surface area (Å²) < 4.78 is 20.7. The molecule has 3 rings (SSSR count). The van der Waals surface area contributed by atoms with Gasteiger partial charge in [0.15, 0.2) is 11.5 Å². The Kier molecular flexibility index (Phi) is 7.35. The number of nitrogens with zero attached hydrogens (tertiary/aromatic N) is 2. The van der Waals surface area contributed by atoms with Crippen LogP contribution in [0.25, 0.3) is 11.0 Å². The number of aromatic nitrogens is 2. The van der Waals surface area contributed by atoms with E-state index in [0.29, 0.717) is 5.56 Å². The molecule has 2 aromatic rings. The minimum Gasteiger partial charge on any atom is -0.505 e. The van der Waals surface area contributed by atoms with E-state index in [2.05, 4.69) is 22.2 Å². The highest BCUT2D eigenvalue weighted by Crippen LogP contribution is 2.39. The Balaban J connectivity index is 2.24. The molecule has 0 saturated heterocycles. The van der Waals surface area contributed by atoms with Gasteiger partial charge in [-0.1, -0.05) is 18.7 Å².